The molecule has 0 bridgehead atoms. The summed E-state index contributed by atoms with van der Waals surface area (Å²) >= 11 is 2.21. The van der Waals surface area contributed by atoms with E-state index in [2.05, 4.69) is 20.3 Å². The van der Waals surface area contributed by atoms with Crippen molar-refractivity contribution in [3.05, 3.63) is 52.4 Å². The van der Waals surface area contributed by atoms with Crippen molar-refractivity contribution >= 4 is 57.7 Å². The number of carbonyl (C=O) groups excluding carboxylic acids is 2. The molecule has 0 aliphatic carbocycles. The van der Waals surface area contributed by atoms with Crippen LogP contribution in [0.25, 0.3) is 0 Å². The Hall–Kier alpha value is -4.18. The van der Waals surface area contributed by atoms with Gasteiger partial charge in [0.1, 0.15) is 41.0 Å². The van der Waals surface area contributed by atoms with Gasteiger partial charge in [0.15, 0.2) is 10.8 Å². The molecule has 1 fully saturated rings. The van der Waals surface area contributed by atoms with E-state index in [0.29, 0.717) is 5.57 Å². The van der Waals surface area contributed by atoms with E-state index in [4.69, 9.17) is 15.6 Å². The summed E-state index contributed by atoms with van der Waals surface area (Å²) in [5.74, 6) is -4.41. The zero-order valence-electron chi connectivity index (χ0n) is 18.6. The number of nitrogens with two attached hydrogens (primary N) is 1. The molecule has 16 heteroatoms. The quantitative estimate of drug-likeness (QED) is 0.182. The average molecular weight is 552 g/mol. The second kappa shape index (κ2) is 10.8. The van der Waals surface area contributed by atoms with Crippen LogP contribution in [-0.2, 0) is 24.0 Å². The first-order valence-corrected chi connectivity index (χ1v) is 12.3. The maximum Gasteiger partial charge on any atom is 0.352 e. The SMILES string of the molecule is Nc1nc(C(=NOCC(=O)O)C(=O)NC2C(=O)N3C(C(=O)O)=C(COc4cccc(F)c4)CS[C@@H]23)cs1. The summed E-state index contributed by atoms with van der Waals surface area (Å²) in [7, 11) is 0. The number of thioether (sulfide) groups is 1. The van der Waals surface area contributed by atoms with Crippen LogP contribution >= 0.6 is 23.1 Å². The molecule has 37 heavy (non-hydrogen) atoms. The van der Waals surface area contributed by atoms with Gasteiger partial charge < -0.3 is 30.8 Å². The highest BCUT2D eigenvalue weighted by atomic mass is 32.2. The number of halogens is 1. The second-order valence-electron chi connectivity index (χ2n) is 7.54. The monoisotopic (exact) mass is 551 g/mol. The largest absolute Gasteiger partial charge is 0.489 e. The summed E-state index contributed by atoms with van der Waals surface area (Å²) in [6.45, 7) is -1.01. The van der Waals surface area contributed by atoms with Crippen LogP contribution in [0.2, 0.25) is 0 Å². The van der Waals surface area contributed by atoms with Gasteiger partial charge in [0.25, 0.3) is 11.8 Å². The molecule has 0 radical (unpaired) electrons. The number of aromatic nitrogens is 1. The fraction of sp³-hybridized carbons (Fsp3) is 0.238. The summed E-state index contributed by atoms with van der Waals surface area (Å²) in [5, 5.41) is 25.3. The minimum atomic E-state index is -1.36. The number of rotatable bonds is 10. The molecular formula is C21H18FN5O8S2. The number of nitrogens with one attached hydrogen (secondary N) is 1. The van der Waals surface area contributed by atoms with E-state index in [1.165, 1.54) is 35.3 Å². The van der Waals surface area contributed by atoms with E-state index in [0.717, 1.165) is 22.3 Å². The lowest BCUT2D eigenvalue weighted by Crippen LogP contribution is -2.71. The lowest BCUT2D eigenvalue weighted by Gasteiger charge is -2.49. The Morgan fingerprint density at radius 1 is 1.32 bits per heavy atom. The molecule has 1 aromatic heterocycles. The number of hydrogen-bond donors (Lipinski definition) is 4. The molecular weight excluding hydrogens is 533 g/mol. The molecule has 0 spiro atoms. The van der Waals surface area contributed by atoms with Crippen LogP contribution in [-0.4, -0.2) is 79.9 Å². The first kappa shape index (κ1) is 25.9. The molecule has 1 aromatic carbocycles. The molecule has 2 atom stereocenters. The summed E-state index contributed by atoms with van der Waals surface area (Å²) in [6, 6.07) is 4.24. The molecule has 0 saturated carbocycles. The fourth-order valence-electron chi connectivity index (χ4n) is 3.48. The standard InChI is InChI=1S/C21H18FN5O8S2/c22-10-2-1-3-11(4-10)34-5-9-7-36-19-15(18(31)27(19)16(9)20(32)33)25-17(30)14(26-35-6-13(28)29)12-8-37-21(23)24-12/h1-4,8,15,19H,5-7H2,(H2,23,24)(H,25,30)(H,28,29)(H,32,33)/t15?,19-/m0/s1. The number of carbonyl (C=O) groups is 4. The number of anilines is 1. The van der Waals surface area contributed by atoms with Gasteiger partial charge in [-0.05, 0) is 12.1 Å². The molecule has 4 rings (SSSR count). The molecule has 2 amide bonds. The van der Waals surface area contributed by atoms with Crippen molar-refractivity contribution in [2.24, 2.45) is 5.16 Å². The number of carboxylic acids is 2. The maximum absolute atomic E-state index is 13.4. The predicted molar refractivity (Wildman–Crippen MR) is 128 cm³/mol. The Morgan fingerprint density at radius 3 is 2.76 bits per heavy atom. The number of fused-ring (bicyclic) bond motifs is 1. The van der Waals surface area contributed by atoms with Gasteiger partial charge in [-0.3, -0.25) is 14.5 Å². The summed E-state index contributed by atoms with van der Waals surface area (Å²) in [4.78, 5) is 58.2. The van der Waals surface area contributed by atoms with Crippen LogP contribution in [0.4, 0.5) is 9.52 Å². The van der Waals surface area contributed by atoms with Gasteiger partial charge in [0.2, 0.25) is 6.61 Å². The van der Waals surface area contributed by atoms with Gasteiger partial charge in [-0.15, -0.1) is 23.1 Å². The van der Waals surface area contributed by atoms with E-state index in [1.807, 2.05) is 0 Å². The van der Waals surface area contributed by atoms with E-state index in [1.54, 1.807) is 0 Å². The maximum atomic E-state index is 13.4. The van der Waals surface area contributed by atoms with E-state index < -0.39 is 53.3 Å². The predicted octanol–water partition coefficient (Wildman–Crippen LogP) is 0.487. The van der Waals surface area contributed by atoms with Crippen LogP contribution in [0.1, 0.15) is 5.69 Å². The highest BCUT2D eigenvalue weighted by molar-refractivity contribution is 8.00. The van der Waals surface area contributed by atoms with Gasteiger partial charge >= 0.3 is 11.9 Å². The number of oxime groups is 1. The van der Waals surface area contributed by atoms with E-state index in [9.17, 15) is 28.7 Å². The fourth-order valence-corrected chi connectivity index (χ4v) is 5.36. The third-order valence-corrected chi connectivity index (χ3v) is 7.08. The first-order valence-electron chi connectivity index (χ1n) is 10.4. The van der Waals surface area contributed by atoms with Crippen molar-refractivity contribution < 1.29 is 43.4 Å². The number of amides is 2. The number of aliphatic carboxylic acids is 2. The number of hydrogen-bond acceptors (Lipinski definition) is 11. The minimum absolute atomic E-state index is 0.00761. The molecule has 2 aliphatic heterocycles. The molecule has 1 saturated heterocycles. The average Bonchev–Trinajstić information content (AvgIpc) is 3.28. The van der Waals surface area contributed by atoms with Crippen molar-refractivity contribution in [3.63, 3.8) is 0 Å². The van der Waals surface area contributed by atoms with Crippen LogP contribution < -0.4 is 15.8 Å². The minimum Gasteiger partial charge on any atom is -0.489 e. The highest BCUT2D eigenvalue weighted by Crippen LogP contribution is 2.40. The number of benzene rings is 1. The number of carboxylic acid groups (broad SMARTS) is 2. The Labute approximate surface area is 215 Å². The molecule has 2 aromatic rings. The lowest BCUT2D eigenvalue weighted by molar-refractivity contribution is -0.150. The topological polar surface area (TPSA) is 194 Å². The Balaban J connectivity index is 1.49. The van der Waals surface area contributed by atoms with Crippen molar-refractivity contribution in [2.45, 2.75) is 11.4 Å². The second-order valence-corrected chi connectivity index (χ2v) is 9.54. The summed E-state index contributed by atoms with van der Waals surface area (Å²) < 4.78 is 18.9. The number of ether oxygens (including phenoxy) is 1. The lowest BCUT2D eigenvalue weighted by atomic mass is 10.0. The number of nitrogens with zero attached hydrogens (tertiary/aromatic N) is 3. The Kier molecular flexibility index (Phi) is 7.58. The van der Waals surface area contributed by atoms with Crippen molar-refractivity contribution in [1.82, 2.24) is 15.2 Å². The highest BCUT2D eigenvalue weighted by Gasteiger charge is 2.54. The third kappa shape index (κ3) is 5.64. The smallest absolute Gasteiger partial charge is 0.352 e. The van der Waals surface area contributed by atoms with Crippen molar-refractivity contribution in [2.75, 3.05) is 24.7 Å². The van der Waals surface area contributed by atoms with E-state index >= 15 is 0 Å². The van der Waals surface area contributed by atoms with Crippen molar-refractivity contribution in [3.8, 4) is 5.75 Å². The van der Waals surface area contributed by atoms with Gasteiger partial charge in [-0.25, -0.2) is 19.0 Å². The van der Waals surface area contributed by atoms with Crippen LogP contribution in [0.3, 0.4) is 0 Å². The van der Waals surface area contributed by atoms with Crippen LogP contribution in [0.5, 0.6) is 5.75 Å². The molecule has 5 N–H and O–H groups in total. The zero-order chi connectivity index (χ0) is 26.7. The van der Waals surface area contributed by atoms with Crippen molar-refractivity contribution in [1.29, 1.82) is 0 Å². The zero-order valence-corrected chi connectivity index (χ0v) is 20.3. The molecule has 2 aliphatic rings. The van der Waals surface area contributed by atoms with Crippen LogP contribution in [0.15, 0.2) is 46.1 Å². The van der Waals surface area contributed by atoms with Gasteiger partial charge in [0, 0.05) is 22.8 Å². The van der Waals surface area contributed by atoms with E-state index in [-0.39, 0.29) is 34.6 Å². The number of nitrogen functional groups attached to an aromatic ring is 1. The number of thiazole rings is 1. The molecule has 13 nitrogen and oxygen atoms in total. The summed E-state index contributed by atoms with van der Waals surface area (Å²) in [6.07, 6.45) is 0. The summed E-state index contributed by atoms with van der Waals surface area (Å²) in [5.41, 5.74) is 5.23. The van der Waals surface area contributed by atoms with Gasteiger partial charge in [0.05, 0.1) is 0 Å². The van der Waals surface area contributed by atoms with Crippen LogP contribution in [0, 0.1) is 5.82 Å². The number of β-lactam (4-membered cyclic amide) rings is 1. The molecule has 194 valence electrons. The van der Waals surface area contributed by atoms with Gasteiger partial charge in [-0.2, -0.15) is 0 Å². The third-order valence-electron chi connectivity index (χ3n) is 5.07. The first-order chi connectivity index (χ1) is 17.7. The normalized spacial score (nSPS) is 19.1. The Bertz CT molecular complexity index is 1330. The Morgan fingerprint density at radius 2 is 2.11 bits per heavy atom. The molecule has 3 heterocycles. The van der Waals surface area contributed by atoms with Gasteiger partial charge in [-0.1, -0.05) is 11.2 Å². The molecule has 1 unspecified atom stereocenters.